The molecule has 13 heteroatoms. The van der Waals surface area contributed by atoms with Gasteiger partial charge in [0, 0.05) is 36.6 Å². The van der Waals surface area contributed by atoms with E-state index in [4.69, 9.17) is 0 Å². The smallest absolute Gasteiger partial charge is 0.406 e. The zero-order valence-electron chi connectivity index (χ0n) is 16.3. The van der Waals surface area contributed by atoms with Crippen molar-refractivity contribution in [3.63, 3.8) is 0 Å². The molecule has 0 radical (unpaired) electrons. The minimum Gasteiger partial charge on any atom is -0.406 e. The summed E-state index contributed by atoms with van der Waals surface area (Å²) in [5, 5.41) is 0. The highest BCUT2D eigenvalue weighted by Gasteiger charge is 2.32. The van der Waals surface area contributed by atoms with Gasteiger partial charge < -0.3 is 4.74 Å². The number of hydrogen-bond donors (Lipinski definition) is 1. The quantitative estimate of drug-likeness (QED) is 0.439. The summed E-state index contributed by atoms with van der Waals surface area (Å²) in [5.74, 6) is -0.638. The molecular formula is C19H18F6N2O3S2. The van der Waals surface area contributed by atoms with Crippen molar-refractivity contribution in [1.29, 1.82) is 0 Å². The van der Waals surface area contributed by atoms with Crippen LogP contribution in [-0.4, -0.2) is 44.3 Å². The van der Waals surface area contributed by atoms with Gasteiger partial charge in [0.15, 0.2) is 0 Å². The summed E-state index contributed by atoms with van der Waals surface area (Å²) >= 11 is -0.201. The first-order chi connectivity index (χ1) is 14.8. The second-order valence-corrected chi connectivity index (χ2v) is 9.91. The van der Waals surface area contributed by atoms with Gasteiger partial charge in [-0.25, -0.2) is 13.1 Å². The molecule has 1 N–H and O–H groups in total. The Labute approximate surface area is 184 Å². The SMILES string of the molecule is O=S(=O)(N[C@@H]1CCN(Cc2ccc(SC(F)(F)F)cc2)C1)c1cccc(OC(F)(F)F)c1. The highest BCUT2D eigenvalue weighted by atomic mass is 32.2. The van der Waals surface area contributed by atoms with Crippen molar-refractivity contribution in [2.75, 3.05) is 13.1 Å². The van der Waals surface area contributed by atoms with Crippen molar-refractivity contribution in [2.24, 2.45) is 0 Å². The largest absolute Gasteiger partial charge is 0.573 e. The van der Waals surface area contributed by atoms with Crippen LogP contribution in [0.2, 0.25) is 0 Å². The van der Waals surface area contributed by atoms with E-state index in [1.807, 2.05) is 4.90 Å². The molecule has 32 heavy (non-hydrogen) atoms. The second kappa shape index (κ2) is 9.49. The first kappa shape index (κ1) is 24.7. The van der Waals surface area contributed by atoms with Crippen LogP contribution in [0.15, 0.2) is 58.3 Å². The van der Waals surface area contributed by atoms with Gasteiger partial charge in [-0.3, -0.25) is 4.90 Å². The molecule has 1 aliphatic heterocycles. The molecule has 5 nitrogen and oxygen atoms in total. The predicted octanol–water partition coefficient (Wildman–Crippen LogP) is 4.75. The lowest BCUT2D eigenvalue weighted by Crippen LogP contribution is -2.37. The van der Waals surface area contributed by atoms with E-state index in [1.165, 1.54) is 18.2 Å². The maximum Gasteiger partial charge on any atom is 0.573 e. The van der Waals surface area contributed by atoms with Crippen LogP contribution in [0.4, 0.5) is 26.3 Å². The van der Waals surface area contributed by atoms with Crippen molar-refractivity contribution in [3.8, 4) is 5.75 Å². The van der Waals surface area contributed by atoms with E-state index in [0.717, 1.165) is 23.8 Å². The average Bonchev–Trinajstić information content (AvgIpc) is 3.07. The molecule has 0 unspecified atom stereocenters. The van der Waals surface area contributed by atoms with Crippen LogP contribution in [0, 0.1) is 0 Å². The second-order valence-electron chi connectivity index (χ2n) is 7.06. The molecule has 1 fully saturated rings. The molecule has 2 aromatic rings. The number of benzene rings is 2. The summed E-state index contributed by atoms with van der Waals surface area (Å²) in [6.07, 6.45) is -4.47. The topological polar surface area (TPSA) is 58.6 Å². The lowest BCUT2D eigenvalue weighted by molar-refractivity contribution is -0.274. The maximum atomic E-state index is 12.6. The molecule has 1 saturated heterocycles. The first-order valence-corrected chi connectivity index (χ1v) is 11.5. The third kappa shape index (κ3) is 7.57. The lowest BCUT2D eigenvalue weighted by atomic mass is 10.2. The van der Waals surface area contributed by atoms with Crippen molar-refractivity contribution in [3.05, 3.63) is 54.1 Å². The Kier molecular flexibility index (Phi) is 7.32. The standard InChI is InChI=1S/C19H18F6N2O3S2/c20-18(21,22)30-15-2-1-3-17(10-15)32(28,29)26-14-8-9-27(12-14)11-13-4-6-16(7-5-13)31-19(23,24)25/h1-7,10,14,26H,8-9,11-12H2/t14-/m1/s1. The molecule has 2 aromatic carbocycles. The monoisotopic (exact) mass is 500 g/mol. The van der Waals surface area contributed by atoms with E-state index in [1.54, 1.807) is 12.1 Å². The summed E-state index contributed by atoms with van der Waals surface area (Å²) in [6, 6.07) is 9.56. The molecule has 0 bridgehead atoms. The minimum atomic E-state index is -4.94. The molecule has 3 rings (SSSR count). The van der Waals surface area contributed by atoms with E-state index in [9.17, 15) is 34.8 Å². The van der Waals surface area contributed by atoms with E-state index in [0.29, 0.717) is 26.1 Å². The van der Waals surface area contributed by atoms with Gasteiger partial charge in [0.05, 0.1) is 4.90 Å². The molecule has 0 spiro atoms. The van der Waals surface area contributed by atoms with Crippen LogP contribution in [0.5, 0.6) is 5.75 Å². The number of halogens is 6. The van der Waals surface area contributed by atoms with Crippen LogP contribution < -0.4 is 9.46 Å². The zero-order chi connectivity index (χ0) is 23.6. The predicted molar refractivity (Wildman–Crippen MR) is 105 cm³/mol. The van der Waals surface area contributed by atoms with E-state index in [-0.39, 0.29) is 21.6 Å². The number of hydrogen-bond acceptors (Lipinski definition) is 5. The lowest BCUT2D eigenvalue weighted by Gasteiger charge is -2.17. The third-order valence-electron chi connectivity index (χ3n) is 4.51. The molecular weight excluding hydrogens is 482 g/mol. The number of thioether (sulfide) groups is 1. The van der Waals surface area contributed by atoms with Gasteiger partial charge in [0.2, 0.25) is 10.0 Å². The highest BCUT2D eigenvalue weighted by molar-refractivity contribution is 8.00. The maximum absolute atomic E-state index is 12.6. The van der Waals surface area contributed by atoms with Crippen molar-refractivity contribution >= 4 is 21.8 Å². The number of nitrogens with zero attached hydrogens (tertiary/aromatic N) is 1. The Balaban J connectivity index is 1.57. The minimum absolute atomic E-state index is 0.0741. The summed E-state index contributed by atoms with van der Waals surface area (Å²) < 4.78 is 106. The van der Waals surface area contributed by atoms with Crippen LogP contribution in [-0.2, 0) is 16.6 Å². The van der Waals surface area contributed by atoms with Crippen molar-refractivity contribution in [1.82, 2.24) is 9.62 Å². The summed E-state index contributed by atoms with van der Waals surface area (Å²) in [5.41, 5.74) is -3.59. The fourth-order valence-corrected chi connectivity index (χ4v) is 5.09. The van der Waals surface area contributed by atoms with Crippen LogP contribution in [0.1, 0.15) is 12.0 Å². The van der Waals surface area contributed by atoms with E-state index < -0.39 is 33.7 Å². The normalized spacial score (nSPS) is 18.1. The number of rotatable bonds is 7. The van der Waals surface area contributed by atoms with Gasteiger partial charge in [-0.15, -0.1) is 13.2 Å². The average molecular weight is 500 g/mol. The van der Waals surface area contributed by atoms with Crippen molar-refractivity contribution in [2.45, 2.75) is 40.7 Å². The van der Waals surface area contributed by atoms with Gasteiger partial charge in [-0.2, -0.15) is 13.2 Å². The summed E-state index contributed by atoms with van der Waals surface area (Å²) in [7, 11) is -4.07. The Morgan fingerprint density at radius 3 is 2.38 bits per heavy atom. The Bertz CT molecular complexity index is 1030. The van der Waals surface area contributed by atoms with Gasteiger partial charge in [-0.1, -0.05) is 18.2 Å². The zero-order valence-corrected chi connectivity index (χ0v) is 17.9. The summed E-state index contributed by atoms with van der Waals surface area (Å²) in [6.45, 7) is 1.31. The summed E-state index contributed by atoms with van der Waals surface area (Å²) in [4.78, 5) is 1.66. The highest BCUT2D eigenvalue weighted by Crippen LogP contribution is 2.36. The molecule has 1 atom stereocenters. The number of sulfonamides is 1. The number of likely N-dealkylation sites (tertiary alicyclic amines) is 1. The Morgan fingerprint density at radius 2 is 1.75 bits per heavy atom. The van der Waals surface area contributed by atoms with Crippen LogP contribution in [0.25, 0.3) is 0 Å². The van der Waals surface area contributed by atoms with E-state index in [2.05, 4.69) is 9.46 Å². The third-order valence-corrected chi connectivity index (χ3v) is 6.76. The van der Waals surface area contributed by atoms with Crippen molar-refractivity contribution < 1.29 is 39.5 Å². The Morgan fingerprint density at radius 1 is 1.06 bits per heavy atom. The molecule has 0 aliphatic carbocycles. The molecule has 0 saturated carbocycles. The molecule has 0 aromatic heterocycles. The van der Waals surface area contributed by atoms with Gasteiger partial charge in [0.1, 0.15) is 5.75 Å². The fraction of sp³-hybridized carbons (Fsp3) is 0.368. The Hall–Kier alpha value is -1.96. The first-order valence-electron chi connectivity index (χ1n) is 9.24. The number of ether oxygens (including phenoxy) is 1. The van der Waals surface area contributed by atoms with Gasteiger partial charge in [0.25, 0.3) is 0 Å². The van der Waals surface area contributed by atoms with Gasteiger partial charge >= 0.3 is 11.9 Å². The van der Waals surface area contributed by atoms with Crippen LogP contribution in [0.3, 0.4) is 0 Å². The molecule has 176 valence electrons. The van der Waals surface area contributed by atoms with Crippen LogP contribution >= 0.6 is 11.8 Å². The molecule has 0 amide bonds. The molecule has 1 aliphatic rings. The number of alkyl halides is 6. The number of nitrogens with one attached hydrogen (secondary N) is 1. The van der Waals surface area contributed by atoms with E-state index >= 15 is 0 Å². The fourth-order valence-electron chi connectivity index (χ4n) is 3.25. The molecule has 1 heterocycles. The van der Waals surface area contributed by atoms with Gasteiger partial charge in [-0.05, 0) is 48.0 Å².